The second kappa shape index (κ2) is 7.61. The van der Waals surface area contributed by atoms with E-state index in [4.69, 9.17) is 4.74 Å². The van der Waals surface area contributed by atoms with Crippen molar-refractivity contribution in [1.29, 1.82) is 0 Å². The van der Waals surface area contributed by atoms with Crippen LogP contribution in [0.15, 0.2) is 41.8 Å². The van der Waals surface area contributed by atoms with Gasteiger partial charge in [-0.1, -0.05) is 24.3 Å². The minimum Gasteiger partial charge on any atom is -0.496 e. The molecule has 0 saturated carbocycles. The summed E-state index contributed by atoms with van der Waals surface area (Å²) >= 11 is 1.34. The van der Waals surface area contributed by atoms with Crippen molar-refractivity contribution in [3.8, 4) is 5.75 Å². The summed E-state index contributed by atoms with van der Waals surface area (Å²) in [4.78, 5) is 24.3. The van der Waals surface area contributed by atoms with E-state index in [1.807, 2.05) is 36.6 Å². The molecule has 0 aliphatic rings. The Kier molecular flexibility index (Phi) is 5.55. The minimum absolute atomic E-state index is 0.0593. The van der Waals surface area contributed by atoms with Crippen molar-refractivity contribution >= 4 is 23.2 Å². The average Bonchev–Trinajstić information content (AvgIpc) is 3.07. The van der Waals surface area contributed by atoms with Crippen LogP contribution in [0, 0.1) is 0 Å². The fourth-order valence-electron chi connectivity index (χ4n) is 2.05. The summed E-state index contributed by atoms with van der Waals surface area (Å²) in [6, 6.07) is 10.8. The summed E-state index contributed by atoms with van der Waals surface area (Å²) in [6.07, 6.45) is 0. The van der Waals surface area contributed by atoms with Crippen LogP contribution in [0.25, 0.3) is 0 Å². The summed E-state index contributed by atoms with van der Waals surface area (Å²) in [7, 11) is 1.59. The van der Waals surface area contributed by atoms with E-state index in [1.165, 1.54) is 11.3 Å². The zero-order valence-corrected chi connectivity index (χ0v) is 13.3. The van der Waals surface area contributed by atoms with Crippen LogP contribution in [0.2, 0.25) is 0 Å². The van der Waals surface area contributed by atoms with Crippen molar-refractivity contribution in [2.24, 2.45) is 0 Å². The van der Waals surface area contributed by atoms with Crippen molar-refractivity contribution < 1.29 is 14.3 Å². The molecule has 0 bridgehead atoms. The van der Waals surface area contributed by atoms with Crippen molar-refractivity contribution in [2.45, 2.75) is 13.0 Å². The molecule has 2 rings (SSSR count). The second-order valence-corrected chi connectivity index (χ2v) is 5.64. The molecule has 116 valence electrons. The summed E-state index contributed by atoms with van der Waals surface area (Å²) < 4.78 is 5.28. The molecule has 1 aromatic carbocycles. The third-order valence-corrected chi connectivity index (χ3v) is 4.01. The lowest BCUT2D eigenvalue weighted by Crippen LogP contribution is -2.37. The van der Waals surface area contributed by atoms with Gasteiger partial charge in [-0.25, -0.2) is 0 Å². The Hall–Kier alpha value is -2.34. The molecule has 0 spiro atoms. The molecule has 5 nitrogen and oxygen atoms in total. The maximum absolute atomic E-state index is 11.9. The molecule has 0 unspecified atom stereocenters. The van der Waals surface area contributed by atoms with E-state index in [0.717, 1.165) is 11.3 Å². The minimum atomic E-state index is -0.247. The highest BCUT2D eigenvalue weighted by molar-refractivity contribution is 7.12. The van der Waals surface area contributed by atoms with E-state index >= 15 is 0 Å². The largest absolute Gasteiger partial charge is 0.496 e. The first kappa shape index (κ1) is 16.0. The highest BCUT2D eigenvalue weighted by Gasteiger charge is 2.14. The highest BCUT2D eigenvalue weighted by Crippen LogP contribution is 2.24. The zero-order chi connectivity index (χ0) is 15.9. The average molecular weight is 318 g/mol. The molecule has 1 aromatic heterocycles. The number of hydrogen-bond donors (Lipinski definition) is 2. The first-order valence-corrected chi connectivity index (χ1v) is 7.73. The summed E-state index contributed by atoms with van der Waals surface area (Å²) in [5.41, 5.74) is 0.892. The number of para-hydroxylation sites is 1. The Morgan fingerprint density at radius 2 is 2.00 bits per heavy atom. The van der Waals surface area contributed by atoms with E-state index in [1.54, 1.807) is 19.2 Å². The van der Waals surface area contributed by atoms with Gasteiger partial charge >= 0.3 is 0 Å². The first-order valence-electron chi connectivity index (χ1n) is 6.85. The SMILES string of the molecule is COc1ccccc1[C@H](C)NC(=O)CNC(=O)c1cccs1. The van der Waals surface area contributed by atoms with Crippen LogP contribution in [0.4, 0.5) is 0 Å². The standard InChI is InChI=1S/C16H18N2O3S/c1-11(12-6-3-4-7-13(12)21-2)18-15(19)10-17-16(20)14-8-5-9-22-14/h3-9,11H,10H2,1-2H3,(H,17,20)(H,18,19)/t11-/m0/s1. The van der Waals surface area contributed by atoms with Crippen LogP contribution in [0.3, 0.4) is 0 Å². The van der Waals surface area contributed by atoms with Crippen LogP contribution < -0.4 is 15.4 Å². The summed E-state index contributed by atoms with van der Waals surface area (Å²) in [6.45, 7) is 1.81. The molecule has 0 aliphatic carbocycles. The number of benzene rings is 1. The van der Waals surface area contributed by atoms with Crippen molar-refractivity contribution in [2.75, 3.05) is 13.7 Å². The lowest BCUT2D eigenvalue weighted by atomic mass is 10.1. The van der Waals surface area contributed by atoms with Crippen LogP contribution in [0.1, 0.15) is 28.2 Å². The van der Waals surface area contributed by atoms with Gasteiger partial charge < -0.3 is 15.4 Å². The monoisotopic (exact) mass is 318 g/mol. The van der Waals surface area contributed by atoms with Crippen molar-refractivity contribution in [3.63, 3.8) is 0 Å². The van der Waals surface area contributed by atoms with Gasteiger partial charge in [0.1, 0.15) is 5.75 Å². The van der Waals surface area contributed by atoms with Gasteiger partial charge in [0, 0.05) is 5.56 Å². The number of amides is 2. The molecule has 1 heterocycles. The van der Waals surface area contributed by atoms with E-state index in [-0.39, 0.29) is 24.4 Å². The molecule has 0 aliphatic heterocycles. The lowest BCUT2D eigenvalue weighted by molar-refractivity contribution is -0.120. The van der Waals surface area contributed by atoms with Gasteiger partial charge in [0.15, 0.2) is 0 Å². The summed E-state index contributed by atoms with van der Waals surface area (Å²) in [5, 5.41) is 7.26. The molecular formula is C16H18N2O3S. The van der Waals surface area contributed by atoms with E-state index < -0.39 is 0 Å². The summed E-state index contributed by atoms with van der Waals surface area (Å²) in [5.74, 6) is 0.233. The Labute approximate surface area is 133 Å². The Balaban J connectivity index is 1.87. The number of ether oxygens (including phenoxy) is 1. The van der Waals surface area contributed by atoms with E-state index in [9.17, 15) is 9.59 Å². The number of nitrogens with one attached hydrogen (secondary N) is 2. The van der Waals surface area contributed by atoms with Gasteiger partial charge in [-0.3, -0.25) is 9.59 Å². The number of hydrogen-bond acceptors (Lipinski definition) is 4. The number of rotatable bonds is 6. The molecule has 2 N–H and O–H groups in total. The molecule has 2 amide bonds. The predicted octanol–water partition coefficient (Wildman–Crippen LogP) is 2.36. The molecule has 2 aromatic rings. The van der Waals surface area contributed by atoms with Gasteiger partial charge in [0.05, 0.1) is 24.6 Å². The Morgan fingerprint density at radius 3 is 2.68 bits per heavy atom. The van der Waals surface area contributed by atoms with E-state index in [0.29, 0.717) is 4.88 Å². The molecule has 1 atom stereocenters. The maximum atomic E-state index is 11.9. The fourth-order valence-corrected chi connectivity index (χ4v) is 2.69. The molecule has 0 saturated heterocycles. The molecule has 22 heavy (non-hydrogen) atoms. The van der Waals surface area contributed by atoms with Crippen molar-refractivity contribution in [3.05, 3.63) is 52.2 Å². The smallest absolute Gasteiger partial charge is 0.261 e. The molecule has 0 fully saturated rings. The maximum Gasteiger partial charge on any atom is 0.261 e. The molecular weight excluding hydrogens is 300 g/mol. The number of methoxy groups -OCH3 is 1. The van der Waals surface area contributed by atoms with Gasteiger partial charge in [0.25, 0.3) is 5.91 Å². The fraction of sp³-hybridized carbons (Fsp3) is 0.250. The molecule has 0 radical (unpaired) electrons. The van der Waals surface area contributed by atoms with Crippen LogP contribution in [0.5, 0.6) is 5.75 Å². The number of thiophene rings is 1. The van der Waals surface area contributed by atoms with Crippen LogP contribution in [-0.4, -0.2) is 25.5 Å². The third kappa shape index (κ3) is 4.08. The highest BCUT2D eigenvalue weighted by atomic mass is 32.1. The van der Waals surface area contributed by atoms with Crippen LogP contribution >= 0.6 is 11.3 Å². The Bertz CT molecular complexity index is 641. The first-order chi connectivity index (χ1) is 10.6. The number of carbonyl (C=O) groups is 2. The van der Waals surface area contributed by atoms with Crippen LogP contribution in [-0.2, 0) is 4.79 Å². The zero-order valence-electron chi connectivity index (χ0n) is 12.5. The van der Waals surface area contributed by atoms with E-state index in [2.05, 4.69) is 10.6 Å². The van der Waals surface area contributed by atoms with Crippen molar-refractivity contribution in [1.82, 2.24) is 10.6 Å². The third-order valence-electron chi connectivity index (χ3n) is 3.14. The topological polar surface area (TPSA) is 67.4 Å². The van der Waals surface area contributed by atoms with Gasteiger partial charge in [-0.15, -0.1) is 11.3 Å². The normalized spacial score (nSPS) is 11.5. The lowest BCUT2D eigenvalue weighted by Gasteiger charge is -2.17. The number of carbonyl (C=O) groups excluding carboxylic acids is 2. The predicted molar refractivity (Wildman–Crippen MR) is 86.2 cm³/mol. The van der Waals surface area contributed by atoms with Gasteiger partial charge in [0.2, 0.25) is 5.91 Å². The molecule has 6 heteroatoms. The van der Waals surface area contributed by atoms with Gasteiger partial charge in [-0.05, 0) is 24.4 Å². The second-order valence-electron chi connectivity index (χ2n) is 4.69. The van der Waals surface area contributed by atoms with Gasteiger partial charge in [-0.2, -0.15) is 0 Å². The Morgan fingerprint density at radius 1 is 1.23 bits per heavy atom. The quantitative estimate of drug-likeness (QED) is 0.859.